The molecule has 2 aromatic rings. The fourth-order valence-corrected chi connectivity index (χ4v) is 1.58. The van der Waals surface area contributed by atoms with Crippen molar-refractivity contribution in [2.75, 3.05) is 18.5 Å². The third kappa shape index (κ3) is 5.27. The molecule has 0 aliphatic heterocycles. The van der Waals surface area contributed by atoms with Crippen LogP contribution in [-0.2, 0) is 14.3 Å². The number of hydrogen-bond acceptors (Lipinski definition) is 6. The number of aromatic nitrogens is 1. The van der Waals surface area contributed by atoms with Crippen LogP contribution >= 0.6 is 15.9 Å². The minimum Gasteiger partial charge on any atom is -0.482 e. The summed E-state index contributed by atoms with van der Waals surface area (Å²) in [6.45, 7) is -0.700. The predicted molar refractivity (Wildman–Crippen MR) is 75.7 cm³/mol. The van der Waals surface area contributed by atoms with E-state index < -0.39 is 18.5 Å². The minimum absolute atomic E-state index is 0.252. The zero-order valence-electron chi connectivity index (χ0n) is 10.7. The van der Waals surface area contributed by atoms with Gasteiger partial charge in [-0.15, -0.1) is 0 Å². The van der Waals surface area contributed by atoms with Gasteiger partial charge < -0.3 is 19.3 Å². The van der Waals surface area contributed by atoms with Gasteiger partial charge in [0.05, 0.1) is 0 Å². The van der Waals surface area contributed by atoms with Crippen LogP contribution in [0.1, 0.15) is 0 Å². The molecule has 7 nitrogen and oxygen atoms in total. The van der Waals surface area contributed by atoms with Crippen LogP contribution in [0.3, 0.4) is 0 Å². The zero-order chi connectivity index (χ0) is 15.1. The van der Waals surface area contributed by atoms with Crippen molar-refractivity contribution in [1.29, 1.82) is 0 Å². The normalized spacial score (nSPS) is 9.95. The quantitative estimate of drug-likeness (QED) is 0.797. The van der Waals surface area contributed by atoms with E-state index >= 15 is 0 Å². The van der Waals surface area contributed by atoms with E-state index in [0.29, 0.717) is 5.75 Å². The summed E-state index contributed by atoms with van der Waals surface area (Å²) in [6.07, 6.45) is 1.31. The van der Waals surface area contributed by atoms with Crippen LogP contribution in [0.25, 0.3) is 0 Å². The molecule has 0 saturated carbocycles. The summed E-state index contributed by atoms with van der Waals surface area (Å²) in [4.78, 5) is 22.8. The highest BCUT2D eigenvalue weighted by Gasteiger charge is 2.09. The average molecular weight is 355 g/mol. The van der Waals surface area contributed by atoms with Crippen LogP contribution in [0.4, 0.5) is 5.82 Å². The summed E-state index contributed by atoms with van der Waals surface area (Å²) in [5.41, 5.74) is 0. The molecule has 0 atom stereocenters. The number of anilines is 1. The molecule has 1 heterocycles. The molecular weight excluding hydrogens is 344 g/mol. The van der Waals surface area contributed by atoms with Crippen LogP contribution in [0, 0.1) is 0 Å². The molecular formula is C13H11BrN2O5. The van der Waals surface area contributed by atoms with Gasteiger partial charge in [0.2, 0.25) is 0 Å². The van der Waals surface area contributed by atoms with Crippen LogP contribution in [0.5, 0.6) is 5.75 Å². The number of esters is 1. The van der Waals surface area contributed by atoms with Gasteiger partial charge in [0, 0.05) is 10.5 Å². The molecule has 0 unspecified atom stereocenters. The summed E-state index contributed by atoms with van der Waals surface area (Å²) in [5.74, 6) is -0.376. The first-order valence-electron chi connectivity index (χ1n) is 5.88. The second kappa shape index (κ2) is 7.44. The summed E-state index contributed by atoms with van der Waals surface area (Å²) in [7, 11) is 0. The lowest BCUT2D eigenvalue weighted by molar-refractivity contribution is -0.149. The van der Waals surface area contributed by atoms with Crippen LogP contribution in [0.15, 0.2) is 45.6 Å². The Balaban J connectivity index is 1.67. The predicted octanol–water partition coefficient (Wildman–Crippen LogP) is 2.00. The van der Waals surface area contributed by atoms with Crippen molar-refractivity contribution in [3.8, 4) is 5.75 Å². The highest BCUT2D eigenvalue weighted by Crippen LogP contribution is 2.15. The van der Waals surface area contributed by atoms with E-state index in [1.54, 1.807) is 24.3 Å². The van der Waals surface area contributed by atoms with E-state index in [0.717, 1.165) is 4.47 Å². The fraction of sp³-hybridized carbons (Fsp3) is 0.154. The van der Waals surface area contributed by atoms with Gasteiger partial charge >= 0.3 is 5.97 Å². The molecule has 1 aromatic heterocycles. The van der Waals surface area contributed by atoms with Gasteiger partial charge in [-0.1, -0.05) is 21.1 Å². The molecule has 1 aromatic carbocycles. The van der Waals surface area contributed by atoms with Gasteiger partial charge in [-0.25, -0.2) is 4.79 Å². The molecule has 1 N–H and O–H groups in total. The first-order chi connectivity index (χ1) is 10.1. The maximum absolute atomic E-state index is 11.4. The molecule has 110 valence electrons. The average Bonchev–Trinajstić information content (AvgIpc) is 2.97. The van der Waals surface area contributed by atoms with Gasteiger partial charge in [0.15, 0.2) is 19.0 Å². The number of halogens is 1. The standard InChI is InChI=1S/C13H11BrN2O5/c14-9-1-3-10(4-2-9)19-8-13(18)20-7-12(17)15-11-5-6-21-16-11/h1-6H,7-8H2,(H,15,16,17). The molecule has 0 bridgehead atoms. The van der Waals surface area contributed by atoms with Crippen molar-refractivity contribution in [2.45, 2.75) is 0 Å². The number of nitrogens with zero attached hydrogens (tertiary/aromatic N) is 1. The highest BCUT2D eigenvalue weighted by molar-refractivity contribution is 9.10. The molecule has 0 radical (unpaired) electrons. The SMILES string of the molecule is O=C(COC(=O)COc1ccc(Br)cc1)Nc1ccon1. The first-order valence-corrected chi connectivity index (χ1v) is 6.67. The lowest BCUT2D eigenvalue weighted by atomic mass is 10.3. The van der Waals surface area contributed by atoms with Gasteiger partial charge in [-0.3, -0.25) is 4.79 Å². The first kappa shape index (κ1) is 15.0. The Labute approximate surface area is 128 Å². The lowest BCUT2D eigenvalue weighted by Gasteiger charge is -2.06. The van der Waals surface area contributed by atoms with E-state index in [1.807, 2.05) is 0 Å². The Morgan fingerprint density at radius 3 is 2.62 bits per heavy atom. The number of carbonyl (C=O) groups excluding carboxylic acids is 2. The Hall–Kier alpha value is -2.35. The summed E-state index contributed by atoms with van der Waals surface area (Å²) in [5, 5.41) is 5.88. The Kier molecular flexibility index (Phi) is 5.33. The second-order valence-corrected chi connectivity index (χ2v) is 4.75. The lowest BCUT2D eigenvalue weighted by Crippen LogP contribution is -2.23. The largest absolute Gasteiger partial charge is 0.482 e. The van der Waals surface area contributed by atoms with Gasteiger partial charge in [-0.2, -0.15) is 0 Å². The van der Waals surface area contributed by atoms with E-state index in [2.05, 4.69) is 30.9 Å². The molecule has 1 amide bonds. The Morgan fingerprint density at radius 1 is 1.19 bits per heavy atom. The summed E-state index contributed by atoms with van der Waals surface area (Å²) in [6, 6.07) is 8.44. The van der Waals surface area contributed by atoms with Gasteiger partial charge in [-0.05, 0) is 24.3 Å². The zero-order valence-corrected chi connectivity index (χ0v) is 12.3. The minimum atomic E-state index is -0.645. The van der Waals surface area contributed by atoms with Crippen molar-refractivity contribution in [3.05, 3.63) is 41.1 Å². The van der Waals surface area contributed by atoms with Crippen LogP contribution in [0.2, 0.25) is 0 Å². The Bertz CT molecular complexity index is 598. The maximum atomic E-state index is 11.4. The fourth-order valence-electron chi connectivity index (χ4n) is 1.32. The van der Waals surface area contributed by atoms with Gasteiger partial charge in [0.25, 0.3) is 5.91 Å². The van der Waals surface area contributed by atoms with Crippen molar-refractivity contribution in [1.82, 2.24) is 5.16 Å². The number of benzene rings is 1. The number of amides is 1. The number of hydrogen-bond donors (Lipinski definition) is 1. The smallest absolute Gasteiger partial charge is 0.344 e. The molecule has 21 heavy (non-hydrogen) atoms. The van der Waals surface area contributed by atoms with Crippen molar-refractivity contribution in [3.63, 3.8) is 0 Å². The van der Waals surface area contributed by atoms with Crippen molar-refractivity contribution in [2.24, 2.45) is 0 Å². The monoisotopic (exact) mass is 354 g/mol. The number of rotatable bonds is 6. The van der Waals surface area contributed by atoms with E-state index in [9.17, 15) is 9.59 Å². The number of ether oxygens (including phenoxy) is 2. The number of nitrogens with one attached hydrogen (secondary N) is 1. The molecule has 8 heteroatoms. The van der Waals surface area contributed by atoms with Crippen LogP contribution in [-0.4, -0.2) is 30.2 Å². The molecule has 0 aliphatic rings. The summed E-state index contributed by atoms with van der Waals surface area (Å²) >= 11 is 3.29. The van der Waals surface area contributed by atoms with E-state index in [4.69, 9.17) is 9.47 Å². The molecule has 0 fully saturated rings. The van der Waals surface area contributed by atoms with Gasteiger partial charge in [0.1, 0.15) is 12.0 Å². The molecule has 0 saturated heterocycles. The van der Waals surface area contributed by atoms with Crippen molar-refractivity contribution < 1.29 is 23.6 Å². The topological polar surface area (TPSA) is 90.7 Å². The second-order valence-electron chi connectivity index (χ2n) is 3.84. The highest BCUT2D eigenvalue weighted by atomic mass is 79.9. The molecule has 0 spiro atoms. The summed E-state index contributed by atoms with van der Waals surface area (Å²) < 4.78 is 15.4. The third-order valence-electron chi connectivity index (χ3n) is 2.24. The Morgan fingerprint density at radius 2 is 1.95 bits per heavy atom. The van der Waals surface area contributed by atoms with E-state index in [-0.39, 0.29) is 12.4 Å². The molecule has 2 rings (SSSR count). The molecule has 0 aliphatic carbocycles. The third-order valence-corrected chi connectivity index (χ3v) is 2.77. The maximum Gasteiger partial charge on any atom is 0.344 e. The number of carbonyl (C=O) groups is 2. The van der Waals surface area contributed by atoms with Crippen LogP contribution < -0.4 is 10.1 Å². The van der Waals surface area contributed by atoms with E-state index in [1.165, 1.54) is 12.3 Å². The van der Waals surface area contributed by atoms with Crippen molar-refractivity contribution >= 4 is 33.6 Å².